The van der Waals surface area contributed by atoms with Crippen LogP contribution in [-0.4, -0.2) is 21.6 Å². The number of nitrogens with zero attached hydrogens (tertiary/aromatic N) is 2. The molecule has 0 saturated heterocycles. The monoisotopic (exact) mass is 258 g/mol. The minimum Gasteiger partial charge on any atom is -0.387 e. The normalized spacial score (nSPS) is 12.1. The molecule has 0 aliphatic carbocycles. The molecule has 0 fully saturated rings. The van der Waals surface area contributed by atoms with Crippen molar-refractivity contribution in [3.8, 4) is 0 Å². The third-order valence-electron chi connectivity index (χ3n) is 2.77. The highest BCUT2D eigenvalue weighted by Gasteiger charge is 2.07. The molecule has 1 heterocycles. The van der Waals surface area contributed by atoms with Crippen molar-refractivity contribution in [3.05, 3.63) is 47.8 Å². The molecule has 1 unspecified atom stereocenters. The molecule has 5 heteroatoms. The van der Waals surface area contributed by atoms with Gasteiger partial charge in [-0.2, -0.15) is 0 Å². The Morgan fingerprint density at radius 3 is 2.68 bits per heavy atom. The van der Waals surface area contributed by atoms with E-state index in [-0.39, 0.29) is 0 Å². The van der Waals surface area contributed by atoms with E-state index in [0.29, 0.717) is 24.0 Å². The van der Waals surface area contributed by atoms with Crippen molar-refractivity contribution in [1.82, 2.24) is 9.97 Å². The summed E-state index contributed by atoms with van der Waals surface area (Å²) in [7, 11) is 0. The highest BCUT2D eigenvalue weighted by molar-refractivity contribution is 5.44. The quantitative estimate of drug-likeness (QED) is 0.761. The largest absolute Gasteiger partial charge is 0.387 e. The summed E-state index contributed by atoms with van der Waals surface area (Å²) >= 11 is 0. The Kier molecular flexibility index (Phi) is 4.30. The molecule has 0 aliphatic rings. The number of benzene rings is 1. The molecule has 0 spiro atoms. The molecule has 1 aromatic heterocycles. The summed E-state index contributed by atoms with van der Waals surface area (Å²) in [4.78, 5) is 8.41. The number of rotatable bonds is 5. The summed E-state index contributed by atoms with van der Waals surface area (Å²) in [6, 6.07) is 11.2. The number of aliphatic hydroxyl groups excluding tert-OH is 1. The SMILES string of the molecule is CCc1nc(N)cc(NCC(O)c2ccccc2)n1. The van der Waals surface area contributed by atoms with Gasteiger partial charge in [0.1, 0.15) is 17.5 Å². The van der Waals surface area contributed by atoms with Gasteiger partial charge in [0.25, 0.3) is 0 Å². The van der Waals surface area contributed by atoms with E-state index in [4.69, 9.17) is 5.73 Å². The fraction of sp³-hybridized carbons (Fsp3) is 0.286. The molecule has 0 radical (unpaired) electrons. The zero-order chi connectivity index (χ0) is 13.7. The minimum absolute atomic E-state index is 0.379. The second kappa shape index (κ2) is 6.15. The van der Waals surface area contributed by atoms with Crippen LogP contribution in [0.2, 0.25) is 0 Å². The first kappa shape index (κ1) is 13.3. The highest BCUT2D eigenvalue weighted by atomic mass is 16.3. The van der Waals surface area contributed by atoms with E-state index >= 15 is 0 Å². The molecule has 0 saturated carbocycles. The summed E-state index contributed by atoms with van der Waals surface area (Å²) in [6.07, 6.45) is 0.142. The number of nitrogens with one attached hydrogen (secondary N) is 1. The number of nitrogens with two attached hydrogens (primary N) is 1. The Morgan fingerprint density at radius 2 is 2.00 bits per heavy atom. The number of hydrogen-bond acceptors (Lipinski definition) is 5. The fourth-order valence-electron chi connectivity index (χ4n) is 1.76. The molecule has 0 bridgehead atoms. The lowest BCUT2D eigenvalue weighted by atomic mass is 10.1. The van der Waals surface area contributed by atoms with Crippen molar-refractivity contribution < 1.29 is 5.11 Å². The maximum atomic E-state index is 10.0. The van der Waals surface area contributed by atoms with Crippen LogP contribution >= 0.6 is 0 Å². The van der Waals surface area contributed by atoms with Crippen LogP contribution in [0.5, 0.6) is 0 Å². The third-order valence-corrected chi connectivity index (χ3v) is 2.77. The van der Waals surface area contributed by atoms with E-state index < -0.39 is 6.10 Å². The number of anilines is 2. The van der Waals surface area contributed by atoms with Crippen LogP contribution in [0.15, 0.2) is 36.4 Å². The van der Waals surface area contributed by atoms with Crippen molar-refractivity contribution in [3.63, 3.8) is 0 Å². The van der Waals surface area contributed by atoms with Crippen LogP contribution in [0.1, 0.15) is 24.4 Å². The van der Waals surface area contributed by atoms with Gasteiger partial charge in [-0.05, 0) is 5.56 Å². The van der Waals surface area contributed by atoms with E-state index in [1.165, 1.54) is 0 Å². The first-order valence-electron chi connectivity index (χ1n) is 6.29. The third kappa shape index (κ3) is 3.66. The minimum atomic E-state index is -0.581. The second-order valence-corrected chi connectivity index (χ2v) is 4.26. The lowest BCUT2D eigenvalue weighted by Gasteiger charge is -2.13. The smallest absolute Gasteiger partial charge is 0.132 e. The Labute approximate surface area is 112 Å². The molecule has 5 nitrogen and oxygen atoms in total. The standard InChI is InChI=1S/C14H18N4O/c1-2-13-17-12(15)8-14(18-13)16-9-11(19)10-6-4-3-5-7-10/h3-8,11,19H,2,9H2,1H3,(H3,15,16,17,18). The Bertz CT molecular complexity index is 530. The van der Waals surface area contributed by atoms with E-state index in [2.05, 4.69) is 15.3 Å². The Morgan fingerprint density at radius 1 is 1.26 bits per heavy atom. The molecule has 0 aliphatic heterocycles. The van der Waals surface area contributed by atoms with Gasteiger partial charge in [-0.1, -0.05) is 37.3 Å². The topological polar surface area (TPSA) is 84.1 Å². The number of aryl methyl sites for hydroxylation is 1. The summed E-state index contributed by atoms with van der Waals surface area (Å²) in [5.41, 5.74) is 6.57. The molecule has 100 valence electrons. The molecule has 2 aromatic rings. The summed E-state index contributed by atoms with van der Waals surface area (Å²) in [5.74, 6) is 1.76. The molecule has 0 amide bonds. The highest BCUT2D eigenvalue weighted by Crippen LogP contribution is 2.14. The van der Waals surface area contributed by atoms with Crippen LogP contribution < -0.4 is 11.1 Å². The summed E-state index contributed by atoms with van der Waals surface area (Å²) < 4.78 is 0. The van der Waals surface area contributed by atoms with Gasteiger partial charge in [0, 0.05) is 19.0 Å². The Hall–Kier alpha value is -2.14. The van der Waals surface area contributed by atoms with Gasteiger partial charge in [-0.15, -0.1) is 0 Å². The molecule has 19 heavy (non-hydrogen) atoms. The van der Waals surface area contributed by atoms with Crippen molar-refractivity contribution in [1.29, 1.82) is 0 Å². The van der Waals surface area contributed by atoms with E-state index in [0.717, 1.165) is 12.0 Å². The second-order valence-electron chi connectivity index (χ2n) is 4.26. The number of nitrogen functional groups attached to an aromatic ring is 1. The van der Waals surface area contributed by atoms with Crippen molar-refractivity contribution in [2.75, 3.05) is 17.6 Å². The zero-order valence-electron chi connectivity index (χ0n) is 10.9. The van der Waals surface area contributed by atoms with Gasteiger partial charge >= 0.3 is 0 Å². The number of aliphatic hydroxyl groups is 1. The van der Waals surface area contributed by atoms with Crippen LogP contribution in [-0.2, 0) is 6.42 Å². The van der Waals surface area contributed by atoms with Gasteiger partial charge in [0.05, 0.1) is 6.10 Å². The van der Waals surface area contributed by atoms with Crippen LogP contribution in [0.3, 0.4) is 0 Å². The predicted octanol–water partition coefficient (Wildman–Crippen LogP) is 1.77. The maximum absolute atomic E-state index is 10.0. The molecule has 2 rings (SSSR count). The van der Waals surface area contributed by atoms with Crippen LogP contribution in [0.25, 0.3) is 0 Å². The maximum Gasteiger partial charge on any atom is 0.132 e. The summed E-state index contributed by atoms with van der Waals surface area (Å²) in [6.45, 7) is 2.35. The van der Waals surface area contributed by atoms with E-state index in [1.807, 2.05) is 37.3 Å². The molecular weight excluding hydrogens is 240 g/mol. The molecule has 1 atom stereocenters. The van der Waals surface area contributed by atoms with Gasteiger partial charge < -0.3 is 16.2 Å². The van der Waals surface area contributed by atoms with Crippen molar-refractivity contribution >= 4 is 11.6 Å². The Balaban J connectivity index is 2.01. The zero-order valence-corrected chi connectivity index (χ0v) is 10.9. The van der Waals surface area contributed by atoms with Crippen molar-refractivity contribution in [2.24, 2.45) is 0 Å². The number of aromatic nitrogens is 2. The average Bonchev–Trinajstić information content (AvgIpc) is 2.45. The molecular formula is C14H18N4O. The average molecular weight is 258 g/mol. The van der Waals surface area contributed by atoms with E-state index in [1.54, 1.807) is 6.07 Å². The van der Waals surface area contributed by atoms with Gasteiger partial charge in [-0.3, -0.25) is 0 Å². The van der Waals surface area contributed by atoms with Gasteiger partial charge in [0.15, 0.2) is 0 Å². The first-order valence-corrected chi connectivity index (χ1v) is 6.29. The van der Waals surface area contributed by atoms with Crippen LogP contribution in [0.4, 0.5) is 11.6 Å². The van der Waals surface area contributed by atoms with E-state index in [9.17, 15) is 5.11 Å². The van der Waals surface area contributed by atoms with Crippen molar-refractivity contribution in [2.45, 2.75) is 19.4 Å². The van der Waals surface area contributed by atoms with Gasteiger partial charge in [0.2, 0.25) is 0 Å². The first-order chi connectivity index (χ1) is 9.19. The predicted molar refractivity (Wildman–Crippen MR) is 75.7 cm³/mol. The van der Waals surface area contributed by atoms with Gasteiger partial charge in [-0.25, -0.2) is 9.97 Å². The summed E-state index contributed by atoms with van der Waals surface area (Å²) in [5, 5.41) is 13.1. The fourth-order valence-corrected chi connectivity index (χ4v) is 1.76. The lowest BCUT2D eigenvalue weighted by Crippen LogP contribution is -2.14. The molecule has 4 N–H and O–H groups in total. The number of hydrogen-bond donors (Lipinski definition) is 3. The molecule has 1 aromatic carbocycles. The lowest BCUT2D eigenvalue weighted by molar-refractivity contribution is 0.191. The van der Waals surface area contributed by atoms with Crippen LogP contribution in [0, 0.1) is 0 Å².